The molecule has 2 N–H and O–H groups in total. The highest BCUT2D eigenvalue weighted by Gasteiger charge is 2.24. The number of aromatic amines is 1. The van der Waals surface area contributed by atoms with Gasteiger partial charge in [-0.15, -0.1) is 0 Å². The highest BCUT2D eigenvalue weighted by Crippen LogP contribution is 2.36. The fraction of sp³-hybridized carbons (Fsp3) is 0.750. The SMILES string of the molecule is c1c(C2CCC2)n[nH]c1C1CCNCC1. The molecule has 3 rings (SSSR count). The Labute approximate surface area is 90.7 Å². The summed E-state index contributed by atoms with van der Waals surface area (Å²) in [5.41, 5.74) is 2.69. The Balaban J connectivity index is 1.71. The topological polar surface area (TPSA) is 40.7 Å². The minimum absolute atomic E-state index is 0.715. The summed E-state index contributed by atoms with van der Waals surface area (Å²) in [7, 11) is 0. The van der Waals surface area contributed by atoms with Gasteiger partial charge in [-0.25, -0.2) is 0 Å². The normalized spacial score (nSPS) is 24.0. The second-order valence-electron chi connectivity index (χ2n) is 4.90. The van der Waals surface area contributed by atoms with E-state index in [1.165, 1.54) is 43.5 Å². The van der Waals surface area contributed by atoms with Gasteiger partial charge < -0.3 is 5.32 Å². The molecule has 0 unspecified atom stereocenters. The van der Waals surface area contributed by atoms with E-state index in [4.69, 9.17) is 0 Å². The van der Waals surface area contributed by atoms with Crippen LogP contribution in [-0.2, 0) is 0 Å². The number of piperidine rings is 1. The maximum Gasteiger partial charge on any atom is 0.0655 e. The molecule has 3 heteroatoms. The molecule has 0 aromatic carbocycles. The van der Waals surface area contributed by atoms with Gasteiger partial charge >= 0.3 is 0 Å². The van der Waals surface area contributed by atoms with E-state index < -0.39 is 0 Å². The molecule has 1 aliphatic heterocycles. The Morgan fingerprint density at radius 1 is 1.07 bits per heavy atom. The first-order valence-corrected chi connectivity index (χ1v) is 6.19. The van der Waals surface area contributed by atoms with E-state index in [9.17, 15) is 0 Å². The van der Waals surface area contributed by atoms with E-state index in [0.717, 1.165) is 19.0 Å². The molecule has 0 spiro atoms. The van der Waals surface area contributed by atoms with Crippen molar-refractivity contribution in [3.05, 3.63) is 17.5 Å². The largest absolute Gasteiger partial charge is 0.317 e. The van der Waals surface area contributed by atoms with Gasteiger partial charge in [0.2, 0.25) is 0 Å². The number of hydrogen-bond donors (Lipinski definition) is 2. The number of rotatable bonds is 2. The van der Waals surface area contributed by atoms with Crippen molar-refractivity contribution in [1.82, 2.24) is 15.5 Å². The van der Waals surface area contributed by atoms with E-state index in [-0.39, 0.29) is 0 Å². The molecule has 15 heavy (non-hydrogen) atoms. The maximum atomic E-state index is 4.47. The first kappa shape index (κ1) is 9.40. The monoisotopic (exact) mass is 205 g/mol. The second kappa shape index (κ2) is 3.97. The van der Waals surface area contributed by atoms with E-state index in [2.05, 4.69) is 21.6 Å². The Kier molecular flexibility index (Phi) is 2.49. The molecule has 0 atom stereocenters. The predicted molar refractivity (Wildman–Crippen MR) is 60.0 cm³/mol. The van der Waals surface area contributed by atoms with Crippen LogP contribution in [0, 0.1) is 0 Å². The van der Waals surface area contributed by atoms with Gasteiger partial charge in [0.15, 0.2) is 0 Å². The van der Waals surface area contributed by atoms with Gasteiger partial charge in [0.25, 0.3) is 0 Å². The van der Waals surface area contributed by atoms with Gasteiger partial charge in [-0.1, -0.05) is 6.42 Å². The highest BCUT2D eigenvalue weighted by atomic mass is 15.1. The van der Waals surface area contributed by atoms with Crippen molar-refractivity contribution in [3.8, 4) is 0 Å². The van der Waals surface area contributed by atoms with Crippen LogP contribution >= 0.6 is 0 Å². The molecule has 1 saturated heterocycles. The molecule has 82 valence electrons. The van der Waals surface area contributed by atoms with Crippen molar-refractivity contribution in [3.63, 3.8) is 0 Å². The van der Waals surface area contributed by atoms with Gasteiger partial charge in [0.1, 0.15) is 0 Å². The molecular formula is C12H19N3. The number of nitrogens with one attached hydrogen (secondary N) is 2. The zero-order chi connectivity index (χ0) is 10.1. The zero-order valence-electron chi connectivity index (χ0n) is 9.13. The number of H-pyrrole nitrogens is 1. The third kappa shape index (κ3) is 1.81. The highest BCUT2D eigenvalue weighted by molar-refractivity contribution is 5.18. The van der Waals surface area contributed by atoms with Crippen molar-refractivity contribution < 1.29 is 0 Å². The third-order valence-electron chi connectivity index (χ3n) is 3.92. The fourth-order valence-corrected chi connectivity index (χ4v) is 2.61. The van der Waals surface area contributed by atoms with E-state index in [1.807, 2.05) is 0 Å². The second-order valence-corrected chi connectivity index (χ2v) is 4.90. The number of nitrogens with zero attached hydrogens (tertiary/aromatic N) is 1. The summed E-state index contributed by atoms with van der Waals surface area (Å²) in [6.07, 6.45) is 6.59. The lowest BCUT2D eigenvalue weighted by atomic mass is 9.82. The van der Waals surface area contributed by atoms with Gasteiger partial charge in [0.05, 0.1) is 5.69 Å². The van der Waals surface area contributed by atoms with E-state index >= 15 is 0 Å². The van der Waals surface area contributed by atoms with Crippen LogP contribution in [0.5, 0.6) is 0 Å². The fourth-order valence-electron chi connectivity index (χ4n) is 2.61. The van der Waals surface area contributed by atoms with Crippen LogP contribution in [0.2, 0.25) is 0 Å². The smallest absolute Gasteiger partial charge is 0.0655 e. The van der Waals surface area contributed by atoms with E-state index in [1.54, 1.807) is 0 Å². The van der Waals surface area contributed by atoms with Gasteiger partial charge in [-0.05, 0) is 44.8 Å². The standard InChI is InChI=1S/C12H19N3/c1-2-9(3-1)11-8-12(15-14-11)10-4-6-13-7-5-10/h8-10,13H,1-7H2,(H,14,15). The summed E-state index contributed by atoms with van der Waals surface area (Å²) < 4.78 is 0. The molecular weight excluding hydrogens is 186 g/mol. The lowest BCUT2D eigenvalue weighted by Gasteiger charge is -2.23. The predicted octanol–water partition coefficient (Wildman–Crippen LogP) is 2.14. The third-order valence-corrected chi connectivity index (χ3v) is 3.92. The summed E-state index contributed by atoms with van der Waals surface area (Å²) in [6.45, 7) is 2.31. The molecule has 0 amide bonds. The zero-order valence-corrected chi connectivity index (χ0v) is 9.13. The van der Waals surface area contributed by atoms with Crippen LogP contribution in [-0.4, -0.2) is 23.3 Å². The van der Waals surface area contributed by atoms with Crippen molar-refractivity contribution in [2.75, 3.05) is 13.1 Å². The summed E-state index contributed by atoms with van der Waals surface area (Å²) in [5.74, 6) is 1.48. The van der Waals surface area contributed by atoms with Gasteiger partial charge in [0, 0.05) is 17.5 Å². The molecule has 1 saturated carbocycles. The minimum atomic E-state index is 0.715. The summed E-state index contributed by atoms with van der Waals surface area (Å²) >= 11 is 0. The molecule has 3 nitrogen and oxygen atoms in total. The Hall–Kier alpha value is -0.830. The molecule has 1 aromatic heterocycles. The molecule has 2 heterocycles. The van der Waals surface area contributed by atoms with Crippen molar-refractivity contribution >= 4 is 0 Å². The number of aromatic nitrogens is 2. The Morgan fingerprint density at radius 3 is 2.53 bits per heavy atom. The lowest BCUT2D eigenvalue weighted by Crippen LogP contribution is -2.26. The van der Waals surface area contributed by atoms with Crippen LogP contribution in [0.1, 0.15) is 55.3 Å². The quantitative estimate of drug-likeness (QED) is 0.776. The van der Waals surface area contributed by atoms with Gasteiger partial charge in [-0.2, -0.15) is 5.10 Å². The lowest BCUT2D eigenvalue weighted by molar-refractivity contribution is 0.410. The molecule has 1 aromatic rings. The average molecular weight is 205 g/mol. The van der Waals surface area contributed by atoms with Crippen LogP contribution in [0.25, 0.3) is 0 Å². The Bertz CT molecular complexity index is 321. The van der Waals surface area contributed by atoms with Crippen LogP contribution in [0.15, 0.2) is 6.07 Å². The molecule has 0 radical (unpaired) electrons. The molecule has 2 fully saturated rings. The van der Waals surface area contributed by atoms with Crippen molar-refractivity contribution in [2.45, 2.75) is 43.9 Å². The molecule has 2 aliphatic rings. The van der Waals surface area contributed by atoms with Crippen molar-refractivity contribution in [1.29, 1.82) is 0 Å². The van der Waals surface area contributed by atoms with Crippen LogP contribution in [0.4, 0.5) is 0 Å². The first-order valence-electron chi connectivity index (χ1n) is 6.19. The van der Waals surface area contributed by atoms with Gasteiger partial charge in [-0.3, -0.25) is 5.10 Å². The summed E-state index contributed by atoms with van der Waals surface area (Å²) in [6, 6.07) is 2.32. The summed E-state index contributed by atoms with van der Waals surface area (Å²) in [4.78, 5) is 0. The van der Waals surface area contributed by atoms with E-state index in [0.29, 0.717) is 5.92 Å². The Morgan fingerprint density at radius 2 is 1.87 bits per heavy atom. The van der Waals surface area contributed by atoms with Crippen LogP contribution < -0.4 is 5.32 Å². The molecule has 1 aliphatic carbocycles. The maximum absolute atomic E-state index is 4.47. The molecule has 0 bridgehead atoms. The average Bonchev–Trinajstić information content (AvgIpc) is 2.66. The summed E-state index contributed by atoms with van der Waals surface area (Å²) in [5, 5.41) is 11.1. The number of hydrogen-bond acceptors (Lipinski definition) is 2. The minimum Gasteiger partial charge on any atom is -0.317 e. The van der Waals surface area contributed by atoms with Crippen molar-refractivity contribution in [2.24, 2.45) is 0 Å². The van der Waals surface area contributed by atoms with Crippen LogP contribution in [0.3, 0.4) is 0 Å². The first-order chi connectivity index (χ1) is 7.43.